The highest BCUT2D eigenvalue weighted by atomic mass is 32.2. The number of rotatable bonds is 7. The molecule has 1 aromatic rings. The van der Waals surface area contributed by atoms with Crippen LogP contribution >= 0.6 is 11.8 Å². The SMILES string of the molecule is C=CCc1cc(/C=C2\SC(=O)N(C)C2=O)cc(OC)c1OCC(=O)OC. The maximum Gasteiger partial charge on any atom is 0.343 e. The third-order valence-corrected chi connectivity index (χ3v) is 4.55. The number of carbonyl (C=O) groups is 3. The van der Waals surface area contributed by atoms with E-state index in [1.165, 1.54) is 21.3 Å². The van der Waals surface area contributed by atoms with Gasteiger partial charge in [0.05, 0.1) is 19.1 Å². The Morgan fingerprint density at radius 2 is 2.04 bits per heavy atom. The zero-order valence-corrected chi connectivity index (χ0v) is 15.6. The van der Waals surface area contributed by atoms with Crippen LogP contribution in [-0.2, 0) is 20.7 Å². The molecule has 1 fully saturated rings. The van der Waals surface area contributed by atoms with E-state index in [0.717, 1.165) is 22.2 Å². The van der Waals surface area contributed by atoms with Gasteiger partial charge in [-0.1, -0.05) is 6.08 Å². The highest BCUT2D eigenvalue weighted by molar-refractivity contribution is 8.18. The van der Waals surface area contributed by atoms with Crippen LogP contribution in [0.4, 0.5) is 4.79 Å². The lowest BCUT2D eigenvalue weighted by molar-refractivity contribution is -0.143. The van der Waals surface area contributed by atoms with Crippen molar-refractivity contribution >= 4 is 35.0 Å². The number of thioether (sulfide) groups is 1. The number of ether oxygens (including phenoxy) is 3. The first kappa shape index (κ1) is 19.6. The van der Waals surface area contributed by atoms with Gasteiger partial charge < -0.3 is 14.2 Å². The summed E-state index contributed by atoms with van der Waals surface area (Å²) in [5.41, 5.74) is 1.40. The van der Waals surface area contributed by atoms with Gasteiger partial charge in [-0.25, -0.2) is 4.79 Å². The zero-order valence-electron chi connectivity index (χ0n) is 14.7. The number of methoxy groups -OCH3 is 2. The van der Waals surface area contributed by atoms with E-state index in [4.69, 9.17) is 9.47 Å². The summed E-state index contributed by atoms with van der Waals surface area (Å²) in [5.74, 6) is -0.0682. The van der Waals surface area contributed by atoms with Gasteiger partial charge in [-0.05, 0) is 42.0 Å². The van der Waals surface area contributed by atoms with Crippen LogP contribution in [-0.4, -0.2) is 49.9 Å². The maximum absolute atomic E-state index is 12.1. The lowest BCUT2D eigenvalue weighted by Crippen LogP contribution is -2.22. The molecule has 1 aliphatic heterocycles. The third kappa shape index (κ3) is 4.26. The van der Waals surface area contributed by atoms with Crippen molar-refractivity contribution in [3.05, 3.63) is 40.8 Å². The molecule has 138 valence electrons. The van der Waals surface area contributed by atoms with E-state index in [9.17, 15) is 14.4 Å². The molecule has 1 aromatic carbocycles. The van der Waals surface area contributed by atoms with Crippen LogP contribution in [0, 0.1) is 0 Å². The van der Waals surface area contributed by atoms with Crippen LogP contribution in [0.25, 0.3) is 6.08 Å². The number of amides is 2. The van der Waals surface area contributed by atoms with Gasteiger partial charge in [-0.15, -0.1) is 6.58 Å². The number of benzene rings is 1. The average molecular weight is 377 g/mol. The van der Waals surface area contributed by atoms with Gasteiger partial charge in [0.2, 0.25) is 0 Å². The second-order valence-corrected chi connectivity index (χ2v) is 6.30. The second kappa shape index (κ2) is 8.57. The molecule has 1 heterocycles. The van der Waals surface area contributed by atoms with Crippen molar-refractivity contribution in [2.24, 2.45) is 0 Å². The molecule has 0 atom stereocenters. The highest BCUT2D eigenvalue weighted by Gasteiger charge is 2.31. The number of likely N-dealkylation sites (N-methyl/N-ethyl adjacent to an activating group) is 1. The standard InChI is InChI=1S/C18H19NO6S/c1-5-6-12-7-11(9-14-17(21)19(2)18(22)26-14)8-13(23-3)16(12)25-10-15(20)24-4/h5,7-9H,1,6,10H2,2-4H3/b14-9-. The van der Waals surface area contributed by atoms with Crippen molar-refractivity contribution in [2.45, 2.75) is 6.42 Å². The first-order valence-electron chi connectivity index (χ1n) is 7.64. The van der Waals surface area contributed by atoms with Crippen LogP contribution in [0.1, 0.15) is 11.1 Å². The summed E-state index contributed by atoms with van der Waals surface area (Å²) >= 11 is 0.876. The second-order valence-electron chi connectivity index (χ2n) is 5.31. The Bertz CT molecular complexity index is 786. The fraction of sp³-hybridized carbons (Fsp3) is 0.278. The maximum atomic E-state index is 12.1. The molecule has 8 heteroatoms. The van der Waals surface area contributed by atoms with Crippen molar-refractivity contribution < 1.29 is 28.6 Å². The van der Waals surface area contributed by atoms with E-state index in [0.29, 0.717) is 28.4 Å². The van der Waals surface area contributed by atoms with Crippen LogP contribution in [0.2, 0.25) is 0 Å². The average Bonchev–Trinajstić information content (AvgIpc) is 2.87. The van der Waals surface area contributed by atoms with Gasteiger partial charge in [-0.3, -0.25) is 14.5 Å². The number of carbonyl (C=O) groups excluding carboxylic acids is 3. The summed E-state index contributed by atoms with van der Waals surface area (Å²) < 4.78 is 15.5. The Hall–Kier alpha value is -2.74. The van der Waals surface area contributed by atoms with Crippen molar-refractivity contribution in [1.29, 1.82) is 0 Å². The molecule has 0 saturated carbocycles. The molecular formula is C18H19NO6S. The van der Waals surface area contributed by atoms with Crippen molar-refractivity contribution in [2.75, 3.05) is 27.9 Å². The van der Waals surface area contributed by atoms with Crippen LogP contribution in [0.5, 0.6) is 11.5 Å². The molecule has 2 rings (SSSR count). The largest absolute Gasteiger partial charge is 0.493 e. The van der Waals surface area contributed by atoms with E-state index in [-0.39, 0.29) is 17.8 Å². The van der Waals surface area contributed by atoms with Crippen LogP contribution < -0.4 is 9.47 Å². The van der Waals surface area contributed by atoms with Crippen LogP contribution in [0.15, 0.2) is 29.7 Å². The molecule has 0 bridgehead atoms. The minimum Gasteiger partial charge on any atom is -0.493 e. The molecule has 1 aliphatic rings. The van der Waals surface area contributed by atoms with Gasteiger partial charge in [-0.2, -0.15) is 0 Å². The van der Waals surface area contributed by atoms with Crippen LogP contribution in [0.3, 0.4) is 0 Å². The van der Waals surface area contributed by atoms with E-state index in [1.807, 2.05) is 0 Å². The fourth-order valence-corrected chi connectivity index (χ4v) is 3.10. The highest BCUT2D eigenvalue weighted by Crippen LogP contribution is 2.36. The third-order valence-electron chi connectivity index (χ3n) is 3.58. The summed E-state index contributed by atoms with van der Waals surface area (Å²) in [6.07, 6.45) is 3.76. The normalized spacial score (nSPS) is 15.3. The Kier molecular flexibility index (Phi) is 6.46. The summed E-state index contributed by atoms with van der Waals surface area (Å²) in [4.78, 5) is 36.4. The predicted octanol–water partition coefficient (Wildman–Crippen LogP) is 2.64. The number of imide groups is 1. The lowest BCUT2D eigenvalue weighted by atomic mass is 10.0. The molecule has 0 unspecified atom stereocenters. The van der Waals surface area contributed by atoms with Gasteiger partial charge in [0.1, 0.15) is 0 Å². The molecule has 2 amide bonds. The summed E-state index contributed by atoms with van der Waals surface area (Å²) in [5, 5.41) is -0.322. The lowest BCUT2D eigenvalue weighted by Gasteiger charge is -2.15. The van der Waals surface area contributed by atoms with Crippen molar-refractivity contribution in [1.82, 2.24) is 4.90 Å². The summed E-state index contributed by atoms with van der Waals surface area (Å²) in [7, 11) is 4.19. The van der Waals surface area contributed by atoms with E-state index < -0.39 is 5.97 Å². The first-order chi connectivity index (χ1) is 12.4. The predicted molar refractivity (Wildman–Crippen MR) is 98.1 cm³/mol. The molecule has 0 N–H and O–H groups in total. The molecular weight excluding hydrogens is 358 g/mol. The Labute approximate surface area is 155 Å². The van der Waals surface area contributed by atoms with Crippen molar-refractivity contribution in [3.63, 3.8) is 0 Å². The molecule has 0 radical (unpaired) electrons. The minimum atomic E-state index is -0.516. The smallest absolute Gasteiger partial charge is 0.343 e. The quantitative estimate of drug-likeness (QED) is 0.410. The number of esters is 1. The number of allylic oxidation sites excluding steroid dienone is 1. The Morgan fingerprint density at radius 1 is 1.31 bits per heavy atom. The van der Waals surface area contributed by atoms with Gasteiger partial charge in [0.25, 0.3) is 11.1 Å². The molecule has 0 aromatic heterocycles. The van der Waals surface area contributed by atoms with E-state index >= 15 is 0 Å². The summed E-state index contributed by atoms with van der Waals surface area (Å²) in [6.45, 7) is 3.46. The monoisotopic (exact) mass is 377 g/mol. The number of nitrogens with zero attached hydrogens (tertiary/aromatic N) is 1. The number of hydrogen-bond acceptors (Lipinski definition) is 7. The topological polar surface area (TPSA) is 82.1 Å². The molecule has 7 nitrogen and oxygen atoms in total. The number of hydrogen-bond donors (Lipinski definition) is 0. The van der Waals surface area contributed by atoms with Gasteiger partial charge in [0.15, 0.2) is 18.1 Å². The van der Waals surface area contributed by atoms with Gasteiger partial charge >= 0.3 is 5.97 Å². The molecule has 0 spiro atoms. The zero-order chi connectivity index (χ0) is 19.3. The minimum absolute atomic E-state index is 0.259. The molecule has 1 saturated heterocycles. The molecule has 26 heavy (non-hydrogen) atoms. The first-order valence-corrected chi connectivity index (χ1v) is 8.45. The van der Waals surface area contributed by atoms with Gasteiger partial charge in [0, 0.05) is 12.6 Å². The van der Waals surface area contributed by atoms with Crippen molar-refractivity contribution in [3.8, 4) is 11.5 Å². The van der Waals surface area contributed by atoms with E-state index in [1.54, 1.807) is 24.3 Å². The van der Waals surface area contributed by atoms with E-state index in [2.05, 4.69) is 11.3 Å². The Balaban J connectivity index is 2.42. The Morgan fingerprint density at radius 3 is 2.58 bits per heavy atom. The summed E-state index contributed by atoms with van der Waals surface area (Å²) in [6, 6.07) is 3.46. The molecule has 0 aliphatic carbocycles. The fourth-order valence-electron chi connectivity index (χ4n) is 2.28.